The maximum atomic E-state index is 12.9. The highest BCUT2D eigenvalue weighted by molar-refractivity contribution is 6.39. The van der Waals surface area contributed by atoms with Crippen LogP contribution in [0.3, 0.4) is 0 Å². The summed E-state index contributed by atoms with van der Waals surface area (Å²) in [5.41, 5.74) is 2.87. The number of carbonyl (C=O) groups is 2. The molecule has 160 valence electrons. The van der Waals surface area contributed by atoms with Crippen LogP contribution in [0.25, 0.3) is 10.9 Å². The maximum absolute atomic E-state index is 12.9. The third-order valence-corrected chi connectivity index (χ3v) is 5.84. The van der Waals surface area contributed by atoms with E-state index >= 15 is 0 Å². The van der Waals surface area contributed by atoms with Gasteiger partial charge in [0.1, 0.15) is 5.15 Å². The van der Waals surface area contributed by atoms with E-state index in [2.05, 4.69) is 22.2 Å². The first kappa shape index (κ1) is 21.3. The zero-order valence-electron chi connectivity index (χ0n) is 17.2. The summed E-state index contributed by atoms with van der Waals surface area (Å²) in [6.07, 6.45) is 4.06. The molecule has 1 saturated heterocycles. The number of pyridine rings is 2. The summed E-state index contributed by atoms with van der Waals surface area (Å²) in [4.78, 5) is 37.9. The summed E-state index contributed by atoms with van der Waals surface area (Å²) < 4.78 is 0. The van der Waals surface area contributed by atoms with Crippen LogP contribution < -0.4 is 10.2 Å². The number of carbonyl (C=O) groups excluding carboxylic acids is 2. The predicted octanol–water partition coefficient (Wildman–Crippen LogP) is 5.15. The van der Waals surface area contributed by atoms with Crippen LogP contribution in [-0.2, 0) is 0 Å². The summed E-state index contributed by atoms with van der Waals surface area (Å²) in [6.45, 7) is 6.00. The number of anilines is 2. The number of nitrogens with one attached hydrogen (secondary N) is 1. The van der Waals surface area contributed by atoms with E-state index in [9.17, 15) is 9.59 Å². The lowest BCUT2D eigenvalue weighted by atomic mass is 10.1. The Morgan fingerprint density at radius 2 is 2.00 bits per heavy atom. The SMILES string of the molecule is CCCN1CCN(c2c(C)cnc3c(NC(=O)c4c(Cl)ccnc4Cl)cccc23)C1=O. The van der Waals surface area contributed by atoms with E-state index in [1.54, 1.807) is 17.2 Å². The Morgan fingerprint density at radius 1 is 1.19 bits per heavy atom. The van der Waals surface area contributed by atoms with Crippen molar-refractivity contribution in [3.05, 3.63) is 58.0 Å². The van der Waals surface area contributed by atoms with Gasteiger partial charge in [-0.05, 0) is 31.0 Å². The van der Waals surface area contributed by atoms with Gasteiger partial charge < -0.3 is 10.2 Å². The second-order valence-corrected chi connectivity index (χ2v) is 8.09. The second-order valence-electron chi connectivity index (χ2n) is 7.33. The minimum atomic E-state index is -0.481. The number of rotatable bonds is 5. The van der Waals surface area contributed by atoms with Crippen molar-refractivity contribution in [3.63, 3.8) is 0 Å². The average molecular weight is 458 g/mol. The average Bonchev–Trinajstić information content (AvgIpc) is 3.08. The molecule has 4 rings (SSSR count). The van der Waals surface area contributed by atoms with Gasteiger partial charge in [-0.25, -0.2) is 9.78 Å². The fourth-order valence-electron chi connectivity index (χ4n) is 3.84. The van der Waals surface area contributed by atoms with Crippen molar-refractivity contribution in [1.29, 1.82) is 0 Å². The second kappa shape index (κ2) is 8.69. The van der Waals surface area contributed by atoms with Crippen LogP contribution in [0.1, 0.15) is 29.3 Å². The van der Waals surface area contributed by atoms with Gasteiger partial charge in [0.25, 0.3) is 5.91 Å². The molecular weight excluding hydrogens is 437 g/mol. The number of fused-ring (bicyclic) bond motifs is 1. The summed E-state index contributed by atoms with van der Waals surface area (Å²) in [5.74, 6) is -0.481. The first-order valence-electron chi connectivity index (χ1n) is 9.98. The molecular formula is C22H21Cl2N5O2. The molecule has 2 aromatic heterocycles. The molecule has 1 aliphatic heterocycles. The molecule has 1 aliphatic rings. The van der Waals surface area contributed by atoms with E-state index in [1.807, 2.05) is 24.0 Å². The van der Waals surface area contributed by atoms with E-state index < -0.39 is 5.91 Å². The van der Waals surface area contributed by atoms with Gasteiger partial charge in [-0.2, -0.15) is 0 Å². The molecule has 0 spiro atoms. The van der Waals surface area contributed by atoms with E-state index in [0.717, 1.165) is 29.6 Å². The lowest BCUT2D eigenvalue weighted by molar-refractivity contribution is 0.102. The van der Waals surface area contributed by atoms with Crippen molar-refractivity contribution in [2.45, 2.75) is 20.3 Å². The number of hydrogen-bond donors (Lipinski definition) is 1. The van der Waals surface area contributed by atoms with Crippen molar-refractivity contribution in [3.8, 4) is 0 Å². The molecule has 0 radical (unpaired) electrons. The first-order chi connectivity index (χ1) is 14.9. The number of hydrogen-bond acceptors (Lipinski definition) is 4. The van der Waals surface area contributed by atoms with E-state index in [1.165, 1.54) is 12.3 Å². The molecule has 7 nitrogen and oxygen atoms in total. The number of halogens is 2. The van der Waals surface area contributed by atoms with Crippen LogP contribution in [0, 0.1) is 6.92 Å². The van der Waals surface area contributed by atoms with Gasteiger partial charge in [0.15, 0.2) is 0 Å². The number of urea groups is 1. The molecule has 9 heteroatoms. The molecule has 0 unspecified atom stereocenters. The monoisotopic (exact) mass is 457 g/mol. The number of aryl methyl sites for hydroxylation is 1. The standard InChI is InChI=1S/C22H21Cl2N5O2/c1-3-9-28-10-11-29(22(28)31)19-13(2)12-26-18-14(19)5-4-6-16(18)27-21(30)17-15(23)7-8-25-20(17)24/h4-8,12H,3,9-11H2,1-2H3,(H,27,30). The number of benzene rings is 1. The largest absolute Gasteiger partial charge is 0.324 e. The van der Waals surface area contributed by atoms with Crippen molar-refractivity contribution < 1.29 is 9.59 Å². The molecule has 0 aliphatic carbocycles. The third-order valence-electron chi connectivity index (χ3n) is 5.24. The Kier molecular flexibility index (Phi) is 5.98. The molecule has 1 aromatic carbocycles. The van der Waals surface area contributed by atoms with Crippen LogP contribution >= 0.6 is 23.2 Å². The van der Waals surface area contributed by atoms with Crippen molar-refractivity contribution in [2.24, 2.45) is 0 Å². The molecule has 1 N–H and O–H groups in total. The van der Waals surface area contributed by atoms with E-state index in [0.29, 0.717) is 24.3 Å². The zero-order chi connectivity index (χ0) is 22.1. The molecule has 3 amide bonds. The first-order valence-corrected chi connectivity index (χ1v) is 10.7. The Morgan fingerprint density at radius 3 is 2.74 bits per heavy atom. The van der Waals surface area contributed by atoms with Gasteiger partial charge in [0.05, 0.1) is 27.5 Å². The molecule has 0 atom stereocenters. The lowest BCUT2D eigenvalue weighted by Gasteiger charge is -2.22. The van der Waals surface area contributed by atoms with Crippen molar-refractivity contribution in [2.75, 3.05) is 29.9 Å². The number of amides is 3. The van der Waals surface area contributed by atoms with E-state index in [4.69, 9.17) is 23.2 Å². The molecule has 1 fully saturated rings. The lowest BCUT2D eigenvalue weighted by Crippen LogP contribution is -2.32. The van der Waals surface area contributed by atoms with Crippen LogP contribution in [-0.4, -0.2) is 46.4 Å². The fourth-order valence-corrected chi connectivity index (χ4v) is 4.36. The smallest absolute Gasteiger partial charge is 0.323 e. The summed E-state index contributed by atoms with van der Waals surface area (Å²) in [7, 11) is 0. The third kappa shape index (κ3) is 3.91. The summed E-state index contributed by atoms with van der Waals surface area (Å²) >= 11 is 12.2. The van der Waals surface area contributed by atoms with Crippen molar-refractivity contribution >= 4 is 57.4 Å². The Balaban J connectivity index is 1.74. The van der Waals surface area contributed by atoms with Crippen molar-refractivity contribution in [1.82, 2.24) is 14.9 Å². The van der Waals surface area contributed by atoms with Crippen LogP contribution in [0.15, 0.2) is 36.7 Å². The Hall–Kier alpha value is -2.90. The highest BCUT2D eigenvalue weighted by Gasteiger charge is 2.31. The maximum Gasteiger partial charge on any atom is 0.324 e. The minimum Gasteiger partial charge on any atom is -0.323 e. The Bertz CT molecular complexity index is 1160. The van der Waals surface area contributed by atoms with Gasteiger partial charge in [0.2, 0.25) is 0 Å². The molecule has 0 saturated carbocycles. The minimum absolute atomic E-state index is 0.0131. The van der Waals surface area contributed by atoms with Gasteiger partial charge >= 0.3 is 6.03 Å². The highest BCUT2D eigenvalue weighted by Crippen LogP contribution is 2.35. The topological polar surface area (TPSA) is 78.4 Å². The normalized spacial score (nSPS) is 13.9. The van der Waals surface area contributed by atoms with Crippen LogP contribution in [0.4, 0.5) is 16.2 Å². The van der Waals surface area contributed by atoms with Gasteiger partial charge in [-0.3, -0.25) is 14.7 Å². The fraction of sp³-hybridized carbons (Fsp3) is 0.273. The summed E-state index contributed by atoms with van der Waals surface area (Å²) in [5, 5.41) is 3.85. The van der Waals surface area contributed by atoms with Gasteiger partial charge in [-0.1, -0.05) is 42.3 Å². The quantitative estimate of drug-likeness (QED) is 0.537. The summed E-state index contributed by atoms with van der Waals surface area (Å²) in [6, 6.07) is 6.96. The number of para-hydroxylation sites is 1. The zero-order valence-corrected chi connectivity index (χ0v) is 18.7. The molecule has 3 aromatic rings. The predicted molar refractivity (Wildman–Crippen MR) is 123 cm³/mol. The van der Waals surface area contributed by atoms with Crippen LogP contribution in [0.2, 0.25) is 10.2 Å². The molecule has 3 heterocycles. The number of aromatic nitrogens is 2. The highest BCUT2D eigenvalue weighted by atomic mass is 35.5. The molecule has 0 bridgehead atoms. The van der Waals surface area contributed by atoms with E-state index in [-0.39, 0.29) is 21.8 Å². The molecule has 31 heavy (non-hydrogen) atoms. The van der Waals surface area contributed by atoms with Crippen LogP contribution in [0.5, 0.6) is 0 Å². The van der Waals surface area contributed by atoms with Gasteiger partial charge in [-0.15, -0.1) is 0 Å². The van der Waals surface area contributed by atoms with Gasteiger partial charge in [0, 0.05) is 37.4 Å². The Labute approximate surface area is 190 Å². The number of nitrogens with zero attached hydrogens (tertiary/aromatic N) is 4.